The molecule has 1 atom stereocenters. The molecular formula is C9H13N3O4. The highest BCUT2D eigenvalue weighted by Crippen LogP contribution is 1.95. The van der Waals surface area contributed by atoms with E-state index in [4.69, 9.17) is 25.5 Å². The van der Waals surface area contributed by atoms with Crippen molar-refractivity contribution in [2.24, 2.45) is 0 Å². The minimum Gasteiger partial charge on any atom is -0.481 e. The number of carbonyl (C=O) groups is 2. The van der Waals surface area contributed by atoms with E-state index >= 15 is 0 Å². The SMILES string of the molecule is CC(=O)O.N#CCNC(C#N)CCC(=O)O. The van der Waals surface area contributed by atoms with Gasteiger partial charge in [0.25, 0.3) is 5.97 Å². The van der Waals surface area contributed by atoms with Crippen LogP contribution in [-0.4, -0.2) is 34.7 Å². The molecule has 0 radical (unpaired) electrons. The zero-order chi connectivity index (χ0) is 13.0. The molecule has 0 aromatic rings. The molecule has 0 aliphatic carbocycles. The summed E-state index contributed by atoms with van der Waals surface area (Å²) >= 11 is 0. The molecule has 7 nitrogen and oxygen atoms in total. The van der Waals surface area contributed by atoms with Crippen LogP contribution in [0, 0.1) is 22.7 Å². The van der Waals surface area contributed by atoms with Gasteiger partial charge in [0, 0.05) is 13.3 Å². The van der Waals surface area contributed by atoms with Crippen LogP contribution in [0.25, 0.3) is 0 Å². The monoisotopic (exact) mass is 227 g/mol. The third-order valence-electron chi connectivity index (χ3n) is 1.23. The lowest BCUT2D eigenvalue weighted by atomic mass is 10.2. The molecule has 7 heteroatoms. The van der Waals surface area contributed by atoms with Gasteiger partial charge in [-0.3, -0.25) is 14.9 Å². The lowest BCUT2D eigenvalue weighted by Crippen LogP contribution is -2.28. The van der Waals surface area contributed by atoms with Crippen LogP contribution in [0.5, 0.6) is 0 Å². The quantitative estimate of drug-likeness (QED) is 0.560. The molecule has 88 valence electrons. The van der Waals surface area contributed by atoms with Gasteiger partial charge in [0.05, 0.1) is 24.7 Å². The van der Waals surface area contributed by atoms with Gasteiger partial charge in [-0.05, 0) is 6.42 Å². The summed E-state index contributed by atoms with van der Waals surface area (Å²) in [5.41, 5.74) is 0. The highest BCUT2D eigenvalue weighted by atomic mass is 16.4. The van der Waals surface area contributed by atoms with Gasteiger partial charge < -0.3 is 10.2 Å². The fraction of sp³-hybridized carbons (Fsp3) is 0.556. The summed E-state index contributed by atoms with van der Waals surface area (Å²) in [7, 11) is 0. The number of aliphatic carboxylic acids is 2. The predicted octanol–water partition coefficient (Wildman–Crippen LogP) is -0.0525. The Bertz CT molecular complexity index is 299. The fourth-order valence-corrected chi connectivity index (χ4v) is 0.649. The maximum absolute atomic E-state index is 10.1. The minimum atomic E-state index is -0.936. The van der Waals surface area contributed by atoms with E-state index < -0.39 is 18.0 Å². The van der Waals surface area contributed by atoms with Crippen molar-refractivity contribution in [2.45, 2.75) is 25.8 Å². The lowest BCUT2D eigenvalue weighted by Gasteiger charge is -2.05. The van der Waals surface area contributed by atoms with Crippen LogP contribution in [0.2, 0.25) is 0 Å². The molecule has 3 N–H and O–H groups in total. The van der Waals surface area contributed by atoms with E-state index in [0.29, 0.717) is 0 Å². The Kier molecular flexibility index (Phi) is 11.2. The predicted molar refractivity (Wildman–Crippen MR) is 53.2 cm³/mol. The van der Waals surface area contributed by atoms with Crippen LogP contribution < -0.4 is 5.32 Å². The molecule has 0 saturated heterocycles. The zero-order valence-corrected chi connectivity index (χ0v) is 8.80. The van der Waals surface area contributed by atoms with Crippen molar-refractivity contribution < 1.29 is 19.8 Å². The third-order valence-corrected chi connectivity index (χ3v) is 1.23. The second-order valence-electron chi connectivity index (χ2n) is 2.67. The molecule has 0 fully saturated rings. The van der Waals surface area contributed by atoms with E-state index in [2.05, 4.69) is 5.32 Å². The largest absolute Gasteiger partial charge is 0.481 e. The molecule has 0 bridgehead atoms. The van der Waals surface area contributed by atoms with Crippen molar-refractivity contribution in [1.82, 2.24) is 5.32 Å². The van der Waals surface area contributed by atoms with Gasteiger partial charge in [-0.1, -0.05) is 0 Å². The van der Waals surface area contributed by atoms with Gasteiger partial charge in [-0.25, -0.2) is 0 Å². The van der Waals surface area contributed by atoms with Crippen molar-refractivity contribution in [3.8, 4) is 12.1 Å². The Morgan fingerprint density at radius 1 is 1.38 bits per heavy atom. The number of nitriles is 2. The van der Waals surface area contributed by atoms with Crippen molar-refractivity contribution in [1.29, 1.82) is 10.5 Å². The smallest absolute Gasteiger partial charge is 0.303 e. The molecule has 16 heavy (non-hydrogen) atoms. The first-order chi connectivity index (χ1) is 7.43. The molecule has 0 amide bonds. The molecule has 1 unspecified atom stereocenters. The van der Waals surface area contributed by atoms with Gasteiger partial charge in [-0.2, -0.15) is 10.5 Å². The molecule has 0 aromatic carbocycles. The highest BCUT2D eigenvalue weighted by molar-refractivity contribution is 5.66. The maximum Gasteiger partial charge on any atom is 0.303 e. The minimum absolute atomic E-state index is 0.0589. The van der Waals surface area contributed by atoms with E-state index in [0.717, 1.165) is 6.92 Å². The second kappa shape index (κ2) is 11.0. The van der Waals surface area contributed by atoms with Crippen LogP contribution in [0.3, 0.4) is 0 Å². The van der Waals surface area contributed by atoms with Gasteiger partial charge in [-0.15, -0.1) is 0 Å². The summed E-state index contributed by atoms with van der Waals surface area (Å²) in [4.78, 5) is 19.1. The zero-order valence-electron chi connectivity index (χ0n) is 8.80. The van der Waals surface area contributed by atoms with Gasteiger partial charge in [0.2, 0.25) is 0 Å². The van der Waals surface area contributed by atoms with E-state index in [9.17, 15) is 4.79 Å². The Labute approximate surface area is 92.9 Å². The number of carboxylic acids is 2. The normalized spacial score (nSPS) is 9.94. The summed E-state index contributed by atoms with van der Waals surface area (Å²) in [6, 6.07) is 3.14. The maximum atomic E-state index is 10.1. The standard InChI is InChI=1S/C7H9N3O2.C2H4O2/c8-3-4-10-6(5-9)1-2-7(11)12;1-2(3)4/h6,10H,1-2,4H2,(H,11,12);1H3,(H,3,4). The van der Waals surface area contributed by atoms with E-state index in [1.807, 2.05) is 12.1 Å². The van der Waals surface area contributed by atoms with Crippen LogP contribution in [0.15, 0.2) is 0 Å². The Morgan fingerprint density at radius 3 is 2.19 bits per heavy atom. The summed E-state index contributed by atoms with van der Waals surface area (Å²) in [6.07, 6.45) is 0.171. The van der Waals surface area contributed by atoms with E-state index in [1.54, 1.807) is 0 Å². The topological polar surface area (TPSA) is 134 Å². The first-order valence-corrected chi connectivity index (χ1v) is 4.35. The molecule has 0 spiro atoms. The van der Waals surface area contributed by atoms with Crippen LogP contribution in [0.1, 0.15) is 19.8 Å². The highest BCUT2D eigenvalue weighted by Gasteiger charge is 2.07. The van der Waals surface area contributed by atoms with E-state index in [-0.39, 0.29) is 19.4 Å². The molecular weight excluding hydrogens is 214 g/mol. The second-order valence-corrected chi connectivity index (χ2v) is 2.67. The summed E-state index contributed by atoms with van der Waals surface area (Å²) in [6.45, 7) is 1.15. The fourth-order valence-electron chi connectivity index (χ4n) is 0.649. The molecule has 0 aliphatic heterocycles. The Morgan fingerprint density at radius 2 is 1.88 bits per heavy atom. The lowest BCUT2D eigenvalue weighted by molar-refractivity contribution is -0.137. The van der Waals surface area contributed by atoms with Crippen molar-refractivity contribution in [3.05, 3.63) is 0 Å². The van der Waals surface area contributed by atoms with Gasteiger partial charge in [0.1, 0.15) is 0 Å². The van der Waals surface area contributed by atoms with Crippen LogP contribution >= 0.6 is 0 Å². The Balaban J connectivity index is 0. The number of hydrogen-bond acceptors (Lipinski definition) is 5. The summed E-state index contributed by atoms with van der Waals surface area (Å²) in [5, 5.41) is 34.9. The molecule has 0 aromatic heterocycles. The molecule has 0 aliphatic rings. The molecule has 0 heterocycles. The number of hydrogen-bond donors (Lipinski definition) is 3. The first-order valence-electron chi connectivity index (χ1n) is 4.35. The van der Waals surface area contributed by atoms with Crippen molar-refractivity contribution in [3.63, 3.8) is 0 Å². The molecule has 0 saturated carbocycles. The Hall–Kier alpha value is -2.12. The van der Waals surface area contributed by atoms with Crippen molar-refractivity contribution in [2.75, 3.05) is 6.54 Å². The number of carboxylic acid groups (broad SMARTS) is 2. The summed E-state index contributed by atoms with van der Waals surface area (Å²) in [5.74, 6) is -1.77. The van der Waals surface area contributed by atoms with Gasteiger partial charge >= 0.3 is 5.97 Å². The average Bonchev–Trinajstić information content (AvgIpc) is 2.17. The van der Waals surface area contributed by atoms with Crippen LogP contribution in [0.4, 0.5) is 0 Å². The number of nitrogens with one attached hydrogen (secondary N) is 1. The molecule has 0 rings (SSSR count). The average molecular weight is 227 g/mol. The third kappa shape index (κ3) is 17.8. The number of nitrogens with zero attached hydrogens (tertiary/aromatic N) is 2. The summed E-state index contributed by atoms with van der Waals surface area (Å²) < 4.78 is 0. The van der Waals surface area contributed by atoms with E-state index in [1.165, 1.54) is 0 Å². The first kappa shape index (κ1) is 16.3. The number of rotatable bonds is 5. The van der Waals surface area contributed by atoms with Crippen LogP contribution in [-0.2, 0) is 9.59 Å². The van der Waals surface area contributed by atoms with Gasteiger partial charge in [0.15, 0.2) is 0 Å². The van der Waals surface area contributed by atoms with Crippen molar-refractivity contribution >= 4 is 11.9 Å².